The number of phenols is 1. The number of benzene rings is 1. The molecule has 0 bridgehead atoms. The fraction of sp³-hybridized carbons (Fsp3) is 0.143. The summed E-state index contributed by atoms with van der Waals surface area (Å²) in [7, 11) is 1.57. The van der Waals surface area contributed by atoms with Gasteiger partial charge < -0.3 is 9.85 Å². The van der Waals surface area contributed by atoms with Gasteiger partial charge in [-0.25, -0.2) is 0 Å². The molecule has 0 aliphatic carbocycles. The summed E-state index contributed by atoms with van der Waals surface area (Å²) in [5, 5.41) is 4.23. The van der Waals surface area contributed by atoms with Gasteiger partial charge in [0.05, 0.1) is 7.11 Å². The lowest BCUT2D eigenvalue weighted by Crippen LogP contribution is -1.79. The van der Waals surface area contributed by atoms with Gasteiger partial charge in [-0.05, 0) is 12.1 Å². The Kier molecular flexibility index (Phi) is 1.24. The molecule has 0 heterocycles. The van der Waals surface area contributed by atoms with Crippen LogP contribution in [0.25, 0.3) is 0 Å². The van der Waals surface area contributed by atoms with Crippen molar-refractivity contribution in [2.24, 2.45) is 0 Å². The molecule has 0 aromatic heterocycles. The van der Waals surface area contributed by atoms with Crippen molar-refractivity contribution in [3.8, 4) is 11.5 Å². The van der Waals surface area contributed by atoms with Crippen LogP contribution in [-0.4, -0.2) is 13.6 Å². The largest absolute Gasteiger partial charge is 0.508 e. The zero-order valence-electron chi connectivity index (χ0n) is 6.13. The van der Waals surface area contributed by atoms with Crippen LogP contribution in [0.15, 0.2) is 24.3 Å². The summed E-state index contributed by atoms with van der Waals surface area (Å²) in [6, 6.07) is 6.90. The maximum Gasteiger partial charge on any atom is 0.293 e. The molecule has 0 atom stereocenters. The molecule has 0 saturated heterocycles. The minimum Gasteiger partial charge on any atom is -0.508 e. The third kappa shape index (κ3) is 1.35. The minimum atomic E-state index is 0.486. The molecular formula is C7H8O2. The standard InChI is InChI=1S/C7H8O2/c1-9-7-4-2-3-6(8)5-7/h2-5,8H,1H3/i/hD. The average Bonchev–Trinajstić information content (AvgIpc) is 2.05. The highest BCUT2D eigenvalue weighted by Crippen LogP contribution is 2.16. The van der Waals surface area contributed by atoms with Crippen molar-refractivity contribution in [2.75, 3.05) is 7.11 Å². The fourth-order valence-corrected chi connectivity index (χ4v) is 0.601. The number of aromatic hydroxyl groups is 1. The molecule has 0 radical (unpaired) electrons. The van der Waals surface area contributed by atoms with Crippen molar-refractivity contribution < 1.29 is 9.85 Å². The van der Waals surface area contributed by atoms with Gasteiger partial charge in [0.15, 0.2) is 0 Å². The van der Waals surface area contributed by atoms with Crippen molar-refractivity contribution in [1.29, 1.82) is 1.43 Å². The Morgan fingerprint density at radius 1 is 1.67 bits per heavy atom. The zero-order valence-corrected chi connectivity index (χ0v) is 5.13. The average molecular weight is 125 g/mol. The highest BCUT2D eigenvalue weighted by molar-refractivity contribution is 5.31. The first kappa shape index (κ1) is 4.68. The summed E-state index contributed by atoms with van der Waals surface area (Å²) in [6.45, 7) is 0. The molecule has 0 spiro atoms. The quantitative estimate of drug-likeness (QED) is 0.647. The van der Waals surface area contributed by atoms with Crippen molar-refractivity contribution in [1.82, 2.24) is 0 Å². The fourth-order valence-electron chi connectivity index (χ4n) is 0.601. The van der Waals surface area contributed by atoms with Crippen LogP contribution in [-0.2, 0) is 0 Å². The van der Waals surface area contributed by atoms with Crippen LogP contribution in [0.3, 0.4) is 0 Å². The maximum atomic E-state index is 6.56. The molecule has 2 heteroatoms. The highest BCUT2D eigenvalue weighted by atomic mass is 16.5. The third-order valence-electron chi connectivity index (χ3n) is 1.04. The summed E-state index contributed by atoms with van der Waals surface area (Å²) in [5.41, 5.74) is 0. The second-order valence-corrected chi connectivity index (χ2v) is 1.68. The molecule has 1 rings (SSSR count). The first-order valence-electron chi connectivity index (χ1n) is 3.05. The van der Waals surface area contributed by atoms with Gasteiger partial charge in [0.2, 0.25) is 0 Å². The summed E-state index contributed by atoms with van der Waals surface area (Å²) in [5.74, 6) is 1.18. The molecule has 0 aliphatic rings. The Morgan fingerprint density at radius 2 is 2.56 bits per heavy atom. The van der Waals surface area contributed by atoms with E-state index >= 15 is 0 Å². The van der Waals surface area contributed by atoms with Gasteiger partial charge in [0.25, 0.3) is 1.43 Å². The Balaban J connectivity index is 2.87. The van der Waals surface area contributed by atoms with E-state index < -0.39 is 0 Å². The third-order valence-corrected chi connectivity index (χ3v) is 1.04. The molecule has 48 valence electrons. The highest BCUT2D eigenvalue weighted by Gasteiger charge is 1.88. The van der Waals surface area contributed by atoms with E-state index in [1.54, 1.807) is 31.4 Å². The maximum absolute atomic E-state index is 6.56. The van der Waals surface area contributed by atoms with Crippen molar-refractivity contribution in [3.05, 3.63) is 24.3 Å². The van der Waals surface area contributed by atoms with E-state index in [2.05, 4.69) is 5.11 Å². The van der Waals surface area contributed by atoms with Crippen LogP contribution in [0.2, 0.25) is 0 Å². The Hall–Kier alpha value is -1.18. The van der Waals surface area contributed by atoms with Crippen LogP contribution in [0, 0.1) is 0 Å². The van der Waals surface area contributed by atoms with Gasteiger partial charge in [-0.2, -0.15) is 0 Å². The van der Waals surface area contributed by atoms with Gasteiger partial charge in [-0.15, -0.1) is 0 Å². The van der Waals surface area contributed by atoms with Gasteiger partial charge in [0.1, 0.15) is 11.5 Å². The monoisotopic (exact) mass is 125 g/mol. The molecule has 9 heavy (non-hydrogen) atoms. The summed E-state index contributed by atoms with van der Waals surface area (Å²) >= 11 is 0. The number of phenolic OH excluding ortho intramolecular Hbond substituents is 1. The van der Waals surface area contributed by atoms with Crippen LogP contribution in [0.1, 0.15) is 0 Å². The second-order valence-electron chi connectivity index (χ2n) is 1.68. The Bertz CT molecular complexity index is 193. The van der Waals surface area contributed by atoms with Crippen molar-refractivity contribution >= 4 is 0 Å². The minimum absolute atomic E-state index is 0.486. The molecule has 0 fully saturated rings. The molecule has 2 nitrogen and oxygen atoms in total. The number of hydrogen-bond donors (Lipinski definition) is 1. The molecule has 0 aliphatic heterocycles. The normalized spacial score (nSPS) is 10.1. The van der Waals surface area contributed by atoms with Crippen LogP contribution in [0.5, 0.6) is 11.5 Å². The smallest absolute Gasteiger partial charge is 0.293 e. The van der Waals surface area contributed by atoms with Gasteiger partial charge >= 0.3 is 0 Å². The second kappa shape index (κ2) is 2.40. The lowest BCUT2D eigenvalue weighted by atomic mass is 10.3. The number of rotatable bonds is 2. The summed E-state index contributed by atoms with van der Waals surface area (Å²) in [6.07, 6.45) is 0. The predicted octanol–water partition coefficient (Wildman–Crippen LogP) is 1.40. The van der Waals surface area contributed by atoms with Crippen LogP contribution >= 0.6 is 0 Å². The molecule has 1 aromatic rings. The lowest BCUT2D eigenvalue weighted by molar-refractivity contribution is 0.407. The molecular weight excluding hydrogens is 116 g/mol. The predicted molar refractivity (Wildman–Crippen MR) is 34.7 cm³/mol. The summed E-state index contributed by atoms with van der Waals surface area (Å²) < 4.78 is 11.5. The van der Waals surface area contributed by atoms with E-state index in [-0.39, 0.29) is 0 Å². The summed E-state index contributed by atoms with van der Waals surface area (Å²) in [4.78, 5) is 0. The molecule has 0 amide bonds. The van der Waals surface area contributed by atoms with Gasteiger partial charge in [-0.3, -0.25) is 0 Å². The van der Waals surface area contributed by atoms with Crippen LogP contribution in [0.4, 0.5) is 0 Å². The Morgan fingerprint density at radius 3 is 3.22 bits per heavy atom. The van der Waals surface area contributed by atoms with E-state index in [1.165, 1.54) is 0 Å². The van der Waals surface area contributed by atoms with Crippen LogP contribution < -0.4 is 4.74 Å². The molecule has 0 unspecified atom stereocenters. The first-order chi connectivity index (χ1) is 4.86. The van der Waals surface area contributed by atoms with Gasteiger partial charge in [-0.1, -0.05) is 6.07 Å². The van der Waals surface area contributed by atoms with E-state index in [0.29, 0.717) is 11.5 Å². The van der Waals surface area contributed by atoms with Crippen molar-refractivity contribution in [2.45, 2.75) is 0 Å². The first-order valence-corrected chi connectivity index (χ1v) is 2.64. The van der Waals surface area contributed by atoms with E-state index in [9.17, 15) is 0 Å². The number of methoxy groups -OCH3 is 1. The Labute approximate surface area is 55.2 Å². The van der Waals surface area contributed by atoms with Gasteiger partial charge in [0, 0.05) is 6.07 Å². The number of ether oxygens (including phenoxy) is 1. The molecule has 1 aromatic carbocycles. The molecule has 1 N–H and O–H groups in total. The topological polar surface area (TPSA) is 29.5 Å². The van der Waals surface area contributed by atoms with E-state index in [4.69, 9.17) is 6.17 Å². The molecule has 0 saturated carbocycles. The SMILES string of the molecule is [2H]Oc1cccc(OC)c1. The lowest BCUT2D eigenvalue weighted by Gasteiger charge is -1.97. The van der Waals surface area contributed by atoms with E-state index in [0.717, 1.165) is 0 Å². The van der Waals surface area contributed by atoms with E-state index in [1.807, 2.05) is 0 Å². The van der Waals surface area contributed by atoms with Crippen molar-refractivity contribution in [3.63, 3.8) is 0 Å². The number of hydrogen-bond acceptors (Lipinski definition) is 2. The zero-order chi connectivity index (χ0) is 7.40.